The van der Waals surface area contributed by atoms with Crippen LogP contribution in [0.2, 0.25) is 0 Å². The molecule has 120 valence electrons. The molecule has 5 heteroatoms. The fraction of sp³-hybridized carbons (Fsp3) is 0.647. The van der Waals surface area contributed by atoms with E-state index in [4.69, 9.17) is 4.74 Å². The number of halogens is 1. The van der Waals surface area contributed by atoms with E-state index in [0.717, 1.165) is 16.4 Å². The van der Waals surface area contributed by atoms with Crippen molar-refractivity contribution < 1.29 is 19.4 Å². The molecule has 5 atom stereocenters. The molecule has 2 fully saturated rings. The quantitative estimate of drug-likeness (QED) is 0.425. The summed E-state index contributed by atoms with van der Waals surface area (Å²) in [6, 6.07) is 0. The Kier molecular flexibility index (Phi) is 3.34. The summed E-state index contributed by atoms with van der Waals surface area (Å²) >= 11 is 2.17. The van der Waals surface area contributed by atoms with E-state index < -0.39 is 22.9 Å². The molecule has 4 aliphatic rings. The van der Waals surface area contributed by atoms with Crippen LogP contribution in [0.3, 0.4) is 0 Å². The molecule has 1 saturated carbocycles. The molecule has 1 saturated heterocycles. The lowest BCUT2D eigenvalue weighted by Gasteiger charge is -2.64. The Labute approximate surface area is 144 Å². The molecule has 0 aromatic rings. The summed E-state index contributed by atoms with van der Waals surface area (Å²) in [4.78, 5) is 24.6. The van der Waals surface area contributed by atoms with E-state index in [-0.39, 0.29) is 23.2 Å². The number of aliphatic carboxylic acids is 1. The predicted octanol–water partition coefficient (Wildman–Crippen LogP) is 3.56. The van der Waals surface area contributed by atoms with Crippen LogP contribution in [0.5, 0.6) is 0 Å². The van der Waals surface area contributed by atoms with Gasteiger partial charge >= 0.3 is 11.9 Å². The summed E-state index contributed by atoms with van der Waals surface area (Å²) in [6.07, 6.45) is 5.23. The van der Waals surface area contributed by atoms with E-state index in [0.29, 0.717) is 0 Å². The molecule has 2 aliphatic carbocycles. The third-order valence-corrected chi connectivity index (χ3v) is 7.40. The second-order valence-corrected chi connectivity index (χ2v) is 8.76. The number of hydrogen-bond donors (Lipinski definition) is 1. The Morgan fingerprint density at radius 1 is 1.50 bits per heavy atom. The number of ether oxygens (including phenoxy) is 1. The minimum atomic E-state index is -1.05. The number of carbonyl (C=O) groups is 2. The van der Waals surface area contributed by atoms with Crippen molar-refractivity contribution in [1.82, 2.24) is 0 Å². The van der Waals surface area contributed by atoms with Crippen LogP contribution in [0.15, 0.2) is 22.3 Å². The Morgan fingerprint density at radius 2 is 2.14 bits per heavy atom. The van der Waals surface area contributed by atoms with E-state index in [2.05, 4.69) is 43.0 Å². The fourth-order valence-electron chi connectivity index (χ4n) is 4.91. The van der Waals surface area contributed by atoms with Gasteiger partial charge in [-0.15, -0.1) is 6.58 Å². The van der Waals surface area contributed by atoms with Crippen molar-refractivity contribution in [2.75, 3.05) is 0 Å². The zero-order valence-corrected chi connectivity index (χ0v) is 15.2. The van der Waals surface area contributed by atoms with Crippen LogP contribution in [0, 0.1) is 28.6 Å². The lowest BCUT2D eigenvalue weighted by Crippen LogP contribution is -2.70. The van der Waals surface area contributed by atoms with Crippen molar-refractivity contribution in [3.8, 4) is 0 Å². The normalized spacial score (nSPS) is 45.5. The molecular weight excluding hydrogens is 395 g/mol. The topological polar surface area (TPSA) is 63.6 Å². The standard InChI is InChI=1S/C17H21IO4/c1-5-16(4)7-6-10-15(2,3)9-8-11(18)17(10,22-14(9)21)12(16)13(19)20/h5,8-10,12H,1,6-7H2,2-4H3,(H,19,20)/t9-,10+,12+,16?,17+/m1/s1. The first-order valence-electron chi connectivity index (χ1n) is 7.58. The monoisotopic (exact) mass is 416 g/mol. The van der Waals surface area contributed by atoms with Crippen molar-refractivity contribution in [1.29, 1.82) is 0 Å². The number of carboxylic acid groups (broad SMARTS) is 1. The van der Waals surface area contributed by atoms with Gasteiger partial charge in [-0.2, -0.15) is 0 Å². The largest absolute Gasteiger partial charge is 0.481 e. The van der Waals surface area contributed by atoms with Crippen LogP contribution in [0.1, 0.15) is 33.6 Å². The molecule has 1 N–H and O–H groups in total. The highest BCUT2D eigenvalue weighted by Crippen LogP contribution is 2.67. The van der Waals surface area contributed by atoms with Crippen molar-refractivity contribution in [2.45, 2.75) is 39.2 Å². The van der Waals surface area contributed by atoms with E-state index in [1.54, 1.807) is 6.08 Å². The minimum absolute atomic E-state index is 0.0220. The predicted molar refractivity (Wildman–Crippen MR) is 90.4 cm³/mol. The average Bonchev–Trinajstić information content (AvgIpc) is 2.40. The van der Waals surface area contributed by atoms with Gasteiger partial charge in [-0.05, 0) is 40.8 Å². The third-order valence-electron chi connectivity index (χ3n) is 6.20. The second kappa shape index (κ2) is 4.58. The summed E-state index contributed by atoms with van der Waals surface area (Å²) in [5.74, 6) is -2.27. The molecule has 2 aliphatic heterocycles. The smallest absolute Gasteiger partial charge is 0.314 e. The molecule has 0 amide bonds. The molecule has 2 heterocycles. The highest BCUT2D eigenvalue weighted by atomic mass is 127. The van der Waals surface area contributed by atoms with Gasteiger partial charge in [0.2, 0.25) is 0 Å². The van der Waals surface area contributed by atoms with Crippen LogP contribution in [0.25, 0.3) is 0 Å². The molecule has 4 nitrogen and oxygen atoms in total. The van der Waals surface area contributed by atoms with E-state index >= 15 is 0 Å². The van der Waals surface area contributed by atoms with Gasteiger partial charge in [0.25, 0.3) is 0 Å². The molecule has 0 aromatic carbocycles. The number of carbonyl (C=O) groups excluding carboxylic acids is 1. The molecule has 1 spiro atoms. The van der Waals surface area contributed by atoms with Crippen molar-refractivity contribution in [3.63, 3.8) is 0 Å². The maximum atomic E-state index is 12.4. The number of allylic oxidation sites excluding steroid dienone is 1. The van der Waals surface area contributed by atoms with E-state index in [1.807, 2.05) is 13.0 Å². The van der Waals surface area contributed by atoms with Gasteiger partial charge in [-0.3, -0.25) is 9.59 Å². The Morgan fingerprint density at radius 3 is 2.68 bits per heavy atom. The average molecular weight is 416 g/mol. The summed E-state index contributed by atoms with van der Waals surface area (Å²) in [6.45, 7) is 9.90. The van der Waals surface area contributed by atoms with Crippen LogP contribution in [0.4, 0.5) is 0 Å². The number of fused-ring (bicyclic) bond motifs is 1. The Hall–Kier alpha value is -0.850. The molecule has 22 heavy (non-hydrogen) atoms. The van der Waals surface area contributed by atoms with Gasteiger partial charge in [-0.1, -0.05) is 32.9 Å². The van der Waals surface area contributed by atoms with Crippen LogP contribution in [-0.2, 0) is 14.3 Å². The first kappa shape index (κ1) is 16.0. The maximum Gasteiger partial charge on any atom is 0.314 e. The van der Waals surface area contributed by atoms with E-state index in [1.165, 1.54) is 0 Å². The van der Waals surface area contributed by atoms with Gasteiger partial charge in [0.1, 0.15) is 5.92 Å². The third kappa shape index (κ3) is 1.69. The first-order valence-corrected chi connectivity index (χ1v) is 8.66. The number of esters is 1. The van der Waals surface area contributed by atoms with Gasteiger partial charge in [0.15, 0.2) is 5.60 Å². The SMILES string of the molecule is C=CC1(C)CC[C@H]2C(C)(C)[C@@H]3C=C(I)[C@]2(OC3=O)[C@H]1C(=O)O. The number of rotatable bonds is 2. The minimum Gasteiger partial charge on any atom is -0.481 e. The number of hydrogen-bond acceptors (Lipinski definition) is 3. The van der Waals surface area contributed by atoms with Crippen LogP contribution in [-0.4, -0.2) is 22.6 Å². The van der Waals surface area contributed by atoms with Gasteiger partial charge < -0.3 is 9.84 Å². The lowest BCUT2D eigenvalue weighted by molar-refractivity contribution is -0.230. The van der Waals surface area contributed by atoms with Crippen molar-refractivity contribution in [3.05, 3.63) is 22.3 Å². The zero-order chi connectivity index (χ0) is 16.5. The first-order chi connectivity index (χ1) is 10.1. The van der Waals surface area contributed by atoms with E-state index in [9.17, 15) is 14.7 Å². The second-order valence-electron chi connectivity index (χ2n) is 7.60. The van der Waals surface area contributed by atoms with Crippen molar-refractivity contribution >= 4 is 34.5 Å². The van der Waals surface area contributed by atoms with Crippen LogP contribution < -0.4 is 0 Å². The van der Waals surface area contributed by atoms with Crippen LogP contribution >= 0.6 is 22.6 Å². The molecular formula is C17H21IO4. The summed E-state index contributed by atoms with van der Waals surface area (Å²) in [7, 11) is 0. The molecule has 0 radical (unpaired) electrons. The summed E-state index contributed by atoms with van der Waals surface area (Å²) in [5.41, 5.74) is -1.93. The molecule has 0 aromatic heterocycles. The number of carboxylic acids is 1. The molecule has 4 rings (SSSR count). The van der Waals surface area contributed by atoms with Gasteiger partial charge in [-0.25, -0.2) is 0 Å². The Balaban J connectivity index is 2.28. The Bertz CT molecular complexity index is 608. The lowest BCUT2D eigenvalue weighted by atomic mass is 9.46. The van der Waals surface area contributed by atoms with Crippen molar-refractivity contribution in [2.24, 2.45) is 28.6 Å². The molecule has 1 unspecified atom stereocenters. The summed E-state index contributed by atoms with van der Waals surface area (Å²) in [5, 5.41) is 9.96. The highest BCUT2D eigenvalue weighted by molar-refractivity contribution is 14.1. The maximum absolute atomic E-state index is 12.4. The van der Waals surface area contributed by atoms with Gasteiger partial charge in [0.05, 0.1) is 5.92 Å². The fourth-order valence-corrected chi connectivity index (χ4v) is 6.07. The van der Waals surface area contributed by atoms with Gasteiger partial charge in [0, 0.05) is 14.9 Å². The summed E-state index contributed by atoms with van der Waals surface area (Å²) < 4.78 is 6.71. The highest BCUT2D eigenvalue weighted by Gasteiger charge is 2.71. The zero-order valence-electron chi connectivity index (χ0n) is 13.1. The molecule has 2 bridgehead atoms.